The van der Waals surface area contributed by atoms with Crippen LogP contribution in [0.25, 0.3) is 0 Å². The quantitative estimate of drug-likeness (QED) is 0.713. The molecule has 1 aromatic heterocycles. The molecule has 0 radical (unpaired) electrons. The number of anilines is 2. The number of benzene rings is 1. The normalized spacial score (nSPS) is 10.8. The Morgan fingerprint density at radius 3 is 2.85 bits per heavy atom. The Kier molecular flexibility index (Phi) is 4.34. The van der Waals surface area contributed by atoms with E-state index in [1.165, 1.54) is 0 Å². The molecule has 0 saturated heterocycles. The van der Waals surface area contributed by atoms with Gasteiger partial charge >= 0.3 is 6.61 Å². The highest BCUT2D eigenvalue weighted by Gasteiger charge is 2.13. The molecule has 1 heterocycles. The Morgan fingerprint density at radius 2 is 2.20 bits per heavy atom. The van der Waals surface area contributed by atoms with Gasteiger partial charge in [0.2, 0.25) is 0 Å². The first-order chi connectivity index (χ1) is 9.56. The number of imidazole rings is 1. The zero-order valence-electron chi connectivity index (χ0n) is 10.4. The van der Waals surface area contributed by atoms with Gasteiger partial charge in [0.1, 0.15) is 0 Å². The summed E-state index contributed by atoms with van der Waals surface area (Å²) in [6.45, 7) is -2.61. The minimum atomic E-state index is -3.09. The Hall–Kier alpha value is -2.38. The van der Waals surface area contributed by atoms with Gasteiger partial charge in [-0.2, -0.15) is 8.78 Å². The van der Waals surface area contributed by atoms with Crippen LogP contribution in [0.5, 0.6) is 5.75 Å². The molecule has 0 aliphatic rings. The van der Waals surface area contributed by atoms with Gasteiger partial charge in [-0.05, 0) is 0 Å². The highest BCUT2D eigenvalue weighted by molar-refractivity contribution is 5.68. The highest BCUT2D eigenvalue weighted by atomic mass is 19.3. The number of alkyl halides is 2. The number of nitrogens with one attached hydrogen (secondary N) is 2. The zero-order chi connectivity index (χ0) is 14.5. The third-order valence-corrected chi connectivity index (χ3v) is 2.58. The number of aromatic amines is 1. The molecule has 1 aromatic carbocycles. The number of halogens is 3. The lowest BCUT2D eigenvalue weighted by Gasteiger charge is -2.12. The molecular weight excluding hydrogens is 273 g/mol. The molecule has 0 unspecified atom stereocenters. The van der Waals surface area contributed by atoms with Crippen LogP contribution in [-0.4, -0.2) is 23.1 Å². The molecular formula is C12H13F3N4O. The second kappa shape index (κ2) is 6.18. The molecule has 0 saturated carbocycles. The van der Waals surface area contributed by atoms with Gasteiger partial charge in [-0.3, -0.25) is 0 Å². The SMILES string of the molecule is Nc1cc(F)c(OC(F)F)cc1NCCc1cnc[nH]1. The maximum Gasteiger partial charge on any atom is 0.387 e. The fraction of sp³-hybridized carbons (Fsp3) is 0.250. The van der Waals surface area contributed by atoms with Crippen LogP contribution in [0.4, 0.5) is 24.5 Å². The summed E-state index contributed by atoms with van der Waals surface area (Å²) in [5.41, 5.74) is 6.97. The molecule has 8 heteroatoms. The van der Waals surface area contributed by atoms with Gasteiger partial charge in [-0.25, -0.2) is 9.37 Å². The first-order valence-corrected chi connectivity index (χ1v) is 5.81. The third kappa shape index (κ3) is 3.56. The number of hydrogen-bond donors (Lipinski definition) is 3. The summed E-state index contributed by atoms with van der Waals surface area (Å²) in [6.07, 6.45) is 3.85. The topological polar surface area (TPSA) is 76.0 Å². The lowest BCUT2D eigenvalue weighted by atomic mass is 10.2. The molecule has 0 atom stereocenters. The second-order valence-electron chi connectivity index (χ2n) is 4.00. The summed E-state index contributed by atoms with van der Waals surface area (Å²) in [6, 6.07) is 2.06. The van der Waals surface area contributed by atoms with E-state index in [0.717, 1.165) is 17.8 Å². The van der Waals surface area contributed by atoms with E-state index in [4.69, 9.17) is 5.73 Å². The average molecular weight is 286 g/mol. The van der Waals surface area contributed by atoms with E-state index >= 15 is 0 Å². The van der Waals surface area contributed by atoms with Crippen molar-refractivity contribution in [1.29, 1.82) is 0 Å². The fourth-order valence-corrected chi connectivity index (χ4v) is 1.66. The second-order valence-corrected chi connectivity index (χ2v) is 4.00. The van der Waals surface area contributed by atoms with Crippen molar-refractivity contribution in [2.24, 2.45) is 0 Å². The molecule has 2 aromatic rings. The summed E-state index contributed by atoms with van der Waals surface area (Å²) in [5, 5.41) is 2.93. The van der Waals surface area contributed by atoms with Crippen LogP contribution in [0.2, 0.25) is 0 Å². The lowest BCUT2D eigenvalue weighted by molar-refractivity contribution is -0.0521. The van der Waals surface area contributed by atoms with Crippen molar-refractivity contribution in [3.8, 4) is 5.75 Å². The number of nitrogens with two attached hydrogens (primary N) is 1. The monoisotopic (exact) mass is 286 g/mol. The largest absolute Gasteiger partial charge is 0.432 e. The van der Waals surface area contributed by atoms with Crippen molar-refractivity contribution >= 4 is 11.4 Å². The molecule has 0 aliphatic heterocycles. The Labute approximate surface area is 113 Å². The molecule has 2 rings (SSSR count). The predicted octanol–water partition coefficient (Wildman–Crippen LogP) is 2.39. The third-order valence-electron chi connectivity index (χ3n) is 2.58. The molecule has 0 fully saturated rings. The van der Waals surface area contributed by atoms with Gasteiger partial charge in [0, 0.05) is 37.0 Å². The van der Waals surface area contributed by atoms with E-state index in [1.807, 2.05) is 0 Å². The number of nitrogen functional groups attached to an aromatic ring is 1. The molecule has 0 spiro atoms. The Bertz CT molecular complexity index is 560. The number of rotatable bonds is 6. The van der Waals surface area contributed by atoms with Crippen molar-refractivity contribution in [2.45, 2.75) is 13.0 Å². The summed E-state index contributed by atoms with van der Waals surface area (Å²) >= 11 is 0. The maximum absolute atomic E-state index is 13.4. The van der Waals surface area contributed by atoms with E-state index in [1.54, 1.807) is 12.5 Å². The van der Waals surface area contributed by atoms with Crippen LogP contribution < -0.4 is 15.8 Å². The Balaban J connectivity index is 2.02. The number of H-pyrrole nitrogens is 1. The van der Waals surface area contributed by atoms with Crippen LogP contribution in [0.3, 0.4) is 0 Å². The van der Waals surface area contributed by atoms with Crippen LogP contribution in [-0.2, 0) is 6.42 Å². The molecule has 108 valence electrons. The average Bonchev–Trinajstić information content (AvgIpc) is 2.87. The summed E-state index contributed by atoms with van der Waals surface area (Å²) in [4.78, 5) is 6.78. The van der Waals surface area contributed by atoms with Gasteiger partial charge in [0.25, 0.3) is 0 Å². The van der Waals surface area contributed by atoms with Gasteiger partial charge < -0.3 is 20.8 Å². The van der Waals surface area contributed by atoms with Gasteiger partial charge in [0.05, 0.1) is 17.7 Å². The number of hydrogen-bond acceptors (Lipinski definition) is 4. The molecule has 0 amide bonds. The maximum atomic E-state index is 13.4. The van der Waals surface area contributed by atoms with E-state index in [-0.39, 0.29) is 5.69 Å². The van der Waals surface area contributed by atoms with Crippen molar-refractivity contribution in [3.63, 3.8) is 0 Å². The lowest BCUT2D eigenvalue weighted by Crippen LogP contribution is -2.09. The van der Waals surface area contributed by atoms with E-state index in [0.29, 0.717) is 18.7 Å². The van der Waals surface area contributed by atoms with E-state index < -0.39 is 18.2 Å². The zero-order valence-corrected chi connectivity index (χ0v) is 10.4. The minimum absolute atomic E-state index is 0.119. The molecule has 0 bridgehead atoms. The van der Waals surface area contributed by atoms with Gasteiger partial charge in [-0.1, -0.05) is 0 Å². The van der Waals surface area contributed by atoms with Crippen LogP contribution in [0.15, 0.2) is 24.7 Å². The first-order valence-electron chi connectivity index (χ1n) is 5.81. The van der Waals surface area contributed by atoms with Crippen molar-refractivity contribution in [2.75, 3.05) is 17.6 Å². The Morgan fingerprint density at radius 1 is 1.40 bits per heavy atom. The summed E-state index contributed by atoms with van der Waals surface area (Å²) in [5.74, 6) is -1.47. The van der Waals surface area contributed by atoms with E-state index in [2.05, 4.69) is 20.0 Å². The molecule has 20 heavy (non-hydrogen) atoms. The van der Waals surface area contributed by atoms with E-state index in [9.17, 15) is 13.2 Å². The number of nitrogens with zero attached hydrogens (tertiary/aromatic N) is 1. The fourth-order valence-electron chi connectivity index (χ4n) is 1.66. The smallest absolute Gasteiger partial charge is 0.387 e. The van der Waals surface area contributed by atoms with Crippen molar-refractivity contribution in [3.05, 3.63) is 36.2 Å². The summed E-state index contributed by atoms with van der Waals surface area (Å²) in [7, 11) is 0. The van der Waals surface area contributed by atoms with Crippen molar-refractivity contribution < 1.29 is 17.9 Å². The highest BCUT2D eigenvalue weighted by Crippen LogP contribution is 2.29. The number of ether oxygens (including phenoxy) is 1. The number of aromatic nitrogens is 2. The molecule has 0 aliphatic carbocycles. The van der Waals surface area contributed by atoms with Crippen LogP contribution in [0.1, 0.15) is 5.69 Å². The van der Waals surface area contributed by atoms with Crippen molar-refractivity contribution in [1.82, 2.24) is 9.97 Å². The molecule has 5 nitrogen and oxygen atoms in total. The first kappa shape index (κ1) is 14.0. The van der Waals surface area contributed by atoms with Crippen LogP contribution >= 0.6 is 0 Å². The minimum Gasteiger partial charge on any atom is -0.432 e. The summed E-state index contributed by atoms with van der Waals surface area (Å²) < 4.78 is 41.7. The van der Waals surface area contributed by atoms with Crippen LogP contribution in [0, 0.1) is 5.82 Å². The standard InChI is InChI=1S/C12H13F3N4O/c13-8-3-9(16)10(4-11(8)20-12(14)15)18-2-1-7-5-17-6-19-7/h3-6,12,18H,1-2,16H2,(H,17,19). The van der Waals surface area contributed by atoms with Gasteiger partial charge in [-0.15, -0.1) is 0 Å². The predicted molar refractivity (Wildman–Crippen MR) is 68.2 cm³/mol. The molecule has 4 N–H and O–H groups in total. The van der Waals surface area contributed by atoms with Gasteiger partial charge in [0.15, 0.2) is 11.6 Å².